The number of halogens is 1. The standard InChI is InChI=1S/C15H17ClN2OS/c1-3-20-18-15(19)11-7-8-13(16)12(9-11)14-6-4-5-10(2)17-14/h6-9H,3-5H2,1-2H3,(H,18,19). The highest BCUT2D eigenvalue weighted by atomic mass is 35.5. The molecule has 0 bridgehead atoms. The van der Waals surface area contributed by atoms with Crippen molar-refractivity contribution in [3.63, 3.8) is 0 Å². The highest BCUT2D eigenvalue weighted by Gasteiger charge is 2.13. The quantitative estimate of drug-likeness (QED) is 0.841. The van der Waals surface area contributed by atoms with Gasteiger partial charge in [-0.3, -0.25) is 14.5 Å². The van der Waals surface area contributed by atoms with Gasteiger partial charge in [0.1, 0.15) is 0 Å². The van der Waals surface area contributed by atoms with E-state index in [1.54, 1.807) is 12.1 Å². The number of benzene rings is 1. The van der Waals surface area contributed by atoms with E-state index in [1.165, 1.54) is 11.9 Å². The summed E-state index contributed by atoms with van der Waals surface area (Å²) in [6.45, 7) is 4.00. The van der Waals surface area contributed by atoms with E-state index < -0.39 is 0 Å². The lowest BCUT2D eigenvalue weighted by Crippen LogP contribution is -2.16. The molecule has 1 aliphatic rings. The van der Waals surface area contributed by atoms with Crippen molar-refractivity contribution in [1.29, 1.82) is 0 Å². The fraction of sp³-hybridized carbons (Fsp3) is 0.333. The Morgan fingerprint density at radius 1 is 1.50 bits per heavy atom. The van der Waals surface area contributed by atoms with Gasteiger partial charge in [0.25, 0.3) is 5.91 Å². The van der Waals surface area contributed by atoms with E-state index >= 15 is 0 Å². The molecule has 1 amide bonds. The molecule has 0 radical (unpaired) electrons. The molecule has 0 unspecified atom stereocenters. The molecule has 0 spiro atoms. The highest BCUT2D eigenvalue weighted by molar-refractivity contribution is 7.97. The van der Waals surface area contributed by atoms with E-state index in [-0.39, 0.29) is 5.91 Å². The van der Waals surface area contributed by atoms with Gasteiger partial charge in [-0.1, -0.05) is 36.5 Å². The molecule has 1 aliphatic heterocycles. The molecule has 5 heteroatoms. The molecule has 3 nitrogen and oxygen atoms in total. The van der Waals surface area contributed by atoms with Gasteiger partial charge in [0.2, 0.25) is 0 Å². The van der Waals surface area contributed by atoms with E-state index in [9.17, 15) is 4.79 Å². The lowest BCUT2D eigenvalue weighted by molar-refractivity contribution is 0.0984. The van der Waals surface area contributed by atoms with Crippen molar-refractivity contribution in [1.82, 2.24) is 4.72 Å². The molecule has 1 N–H and O–H groups in total. The third kappa shape index (κ3) is 3.64. The topological polar surface area (TPSA) is 41.5 Å². The van der Waals surface area contributed by atoms with Gasteiger partial charge in [0.05, 0.1) is 5.70 Å². The molecule has 2 rings (SSSR count). The van der Waals surface area contributed by atoms with Gasteiger partial charge in [0.15, 0.2) is 0 Å². The molecule has 0 saturated carbocycles. The zero-order valence-corrected chi connectivity index (χ0v) is 13.1. The van der Waals surface area contributed by atoms with E-state index in [0.717, 1.165) is 35.6 Å². The number of nitrogens with zero attached hydrogens (tertiary/aromatic N) is 1. The lowest BCUT2D eigenvalue weighted by Gasteiger charge is -2.13. The van der Waals surface area contributed by atoms with Crippen LogP contribution in [0, 0.1) is 0 Å². The molecule has 0 aromatic heterocycles. The maximum Gasteiger partial charge on any atom is 0.261 e. The molecule has 0 saturated heterocycles. The summed E-state index contributed by atoms with van der Waals surface area (Å²) in [5.74, 6) is 0.729. The first kappa shape index (κ1) is 15.1. The minimum Gasteiger partial charge on any atom is -0.296 e. The van der Waals surface area contributed by atoms with Gasteiger partial charge in [-0.05, 0) is 38.0 Å². The van der Waals surface area contributed by atoms with E-state index in [0.29, 0.717) is 10.6 Å². The van der Waals surface area contributed by atoms with Gasteiger partial charge in [0, 0.05) is 27.6 Å². The average Bonchev–Trinajstić information content (AvgIpc) is 2.45. The number of aliphatic imine (C=N–C) groups is 1. The van der Waals surface area contributed by atoms with Crippen molar-refractivity contribution in [2.24, 2.45) is 4.99 Å². The van der Waals surface area contributed by atoms with Crippen molar-refractivity contribution in [3.8, 4) is 0 Å². The summed E-state index contributed by atoms with van der Waals surface area (Å²) in [4.78, 5) is 16.5. The Morgan fingerprint density at radius 2 is 2.30 bits per heavy atom. The largest absolute Gasteiger partial charge is 0.296 e. The van der Waals surface area contributed by atoms with Crippen LogP contribution in [-0.4, -0.2) is 17.4 Å². The first-order valence-electron chi connectivity index (χ1n) is 6.58. The molecule has 1 aromatic carbocycles. The molecule has 0 aliphatic carbocycles. The molecular weight excluding hydrogens is 292 g/mol. The van der Waals surface area contributed by atoms with E-state index in [4.69, 9.17) is 11.6 Å². The normalized spacial score (nSPS) is 14.6. The average molecular weight is 309 g/mol. The van der Waals surface area contributed by atoms with Crippen LogP contribution in [0.4, 0.5) is 0 Å². The van der Waals surface area contributed by atoms with Crippen LogP contribution in [0.5, 0.6) is 0 Å². The van der Waals surface area contributed by atoms with Crippen LogP contribution in [0.1, 0.15) is 42.6 Å². The van der Waals surface area contributed by atoms with Gasteiger partial charge in [-0.25, -0.2) is 0 Å². The Morgan fingerprint density at radius 3 is 3.00 bits per heavy atom. The van der Waals surface area contributed by atoms with Crippen molar-refractivity contribution in [2.45, 2.75) is 26.7 Å². The van der Waals surface area contributed by atoms with Crippen LogP contribution in [0.15, 0.2) is 29.3 Å². The summed E-state index contributed by atoms with van der Waals surface area (Å²) in [5, 5.41) is 0.620. The second kappa shape index (κ2) is 6.95. The number of hydrogen-bond acceptors (Lipinski definition) is 3. The van der Waals surface area contributed by atoms with Crippen LogP contribution < -0.4 is 4.72 Å². The van der Waals surface area contributed by atoms with Crippen LogP contribution in [0.25, 0.3) is 5.70 Å². The number of rotatable bonds is 4. The third-order valence-electron chi connectivity index (χ3n) is 2.97. The predicted molar refractivity (Wildman–Crippen MR) is 87.4 cm³/mol. The van der Waals surface area contributed by atoms with Crippen molar-refractivity contribution in [2.75, 3.05) is 5.75 Å². The van der Waals surface area contributed by atoms with Crippen molar-refractivity contribution in [3.05, 3.63) is 40.4 Å². The Bertz CT molecular complexity index is 581. The number of amides is 1. The van der Waals surface area contributed by atoms with Crippen LogP contribution in [-0.2, 0) is 0 Å². The SMILES string of the molecule is CCSNC(=O)c1ccc(Cl)c(C2=CCCC(C)=N2)c1. The van der Waals surface area contributed by atoms with Crippen molar-refractivity contribution < 1.29 is 4.79 Å². The molecule has 0 atom stereocenters. The minimum absolute atomic E-state index is 0.105. The second-order valence-corrected chi connectivity index (χ2v) is 6.01. The van der Waals surface area contributed by atoms with E-state index in [1.807, 2.05) is 19.9 Å². The summed E-state index contributed by atoms with van der Waals surface area (Å²) >= 11 is 7.62. The van der Waals surface area contributed by atoms with Crippen LogP contribution in [0.2, 0.25) is 5.02 Å². The van der Waals surface area contributed by atoms with Gasteiger partial charge >= 0.3 is 0 Å². The molecular formula is C15H17ClN2OS. The molecule has 1 heterocycles. The summed E-state index contributed by atoms with van der Waals surface area (Å²) in [6.07, 6.45) is 4.01. The first-order valence-corrected chi connectivity index (χ1v) is 7.94. The zero-order valence-electron chi connectivity index (χ0n) is 11.6. The Labute approximate surface area is 128 Å². The zero-order chi connectivity index (χ0) is 14.5. The summed E-state index contributed by atoms with van der Waals surface area (Å²) < 4.78 is 2.79. The van der Waals surface area contributed by atoms with Gasteiger partial charge < -0.3 is 0 Å². The number of carbonyl (C=O) groups excluding carboxylic acids is 1. The maximum atomic E-state index is 12.0. The number of allylic oxidation sites excluding steroid dienone is 1. The smallest absolute Gasteiger partial charge is 0.261 e. The maximum absolute atomic E-state index is 12.0. The fourth-order valence-corrected chi connectivity index (χ4v) is 2.56. The van der Waals surface area contributed by atoms with Crippen molar-refractivity contribution >= 4 is 40.9 Å². The molecule has 0 fully saturated rings. The lowest BCUT2D eigenvalue weighted by atomic mass is 10.0. The monoisotopic (exact) mass is 308 g/mol. The number of hydrogen-bond donors (Lipinski definition) is 1. The summed E-state index contributed by atoms with van der Waals surface area (Å²) in [6, 6.07) is 5.29. The Hall–Kier alpha value is -1.26. The van der Waals surface area contributed by atoms with Crippen LogP contribution in [0.3, 0.4) is 0 Å². The molecule has 1 aromatic rings. The molecule has 106 valence electrons. The number of carbonyl (C=O) groups is 1. The van der Waals surface area contributed by atoms with Crippen LogP contribution >= 0.6 is 23.5 Å². The third-order valence-corrected chi connectivity index (χ3v) is 3.92. The highest BCUT2D eigenvalue weighted by Crippen LogP contribution is 2.29. The molecule has 20 heavy (non-hydrogen) atoms. The van der Waals surface area contributed by atoms with E-state index in [2.05, 4.69) is 15.8 Å². The van der Waals surface area contributed by atoms with Gasteiger partial charge in [-0.2, -0.15) is 0 Å². The minimum atomic E-state index is -0.105. The fourth-order valence-electron chi connectivity index (χ4n) is 1.95. The summed E-state index contributed by atoms with van der Waals surface area (Å²) in [7, 11) is 0. The summed E-state index contributed by atoms with van der Waals surface area (Å²) in [5.41, 5.74) is 3.37. The predicted octanol–water partition coefficient (Wildman–Crippen LogP) is 4.33. The first-order chi connectivity index (χ1) is 9.61. The second-order valence-electron chi connectivity index (χ2n) is 4.53. The number of nitrogens with one attached hydrogen (secondary N) is 1. The Balaban J connectivity index is 2.30. The Kier molecular flexibility index (Phi) is 5.26. The van der Waals surface area contributed by atoms with Gasteiger partial charge in [-0.15, -0.1) is 0 Å².